The predicted molar refractivity (Wildman–Crippen MR) is 160 cm³/mol. The fourth-order valence-corrected chi connectivity index (χ4v) is 8.15. The van der Waals surface area contributed by atoms with Crippen LogP contribution in [0, 0.1) is 5.41 Å². The van der Waals surface area contributed by atoms with Gasteiger partial charge in [-0.1, -0.05) is 98.7 Å². The van der Waals surface area contributed by atoms with Gasteiger partial charge < -0.3 is 0 Å². The third-order valence-electron chi connectivity index (χ3n) is 12.3. The molecule has 0 saturated heterocycles. The summed E-state index contributed by atoms with van der Waals surface area (Å²) in [6.45, 7) is 24.5. The van der Waals surface area contributed by atoms with Crippen LogP contribution in [0.5, 0.6) is 0 Å². The molecule has 38 heavy (non-hydrogen) atoms. The second-order valence-electron chi connectivity index (χ2n) is 14.0. The number of rotatable bonds is 3. The molecule has 0 spiro atoms. The van der Waals surface area contributed by atoms with Crippen LogP contribution >= 0.6 is 0 Å². The van der Waals surface area contributed by atoms with Gasteiger partial charge in [0, 0.05) is 5.41 Å². The molecule has 1 aliphatic carbocycles. The largest absolute Gasteiger partial charge is 0.295 e. The van der Waals surface area contributed by atoms with Crippen molar-refractivity contribution in [2.24, 2.45) is 5.41 Å². The standard InChI is InChI=1S/C36H45N2/c1-11-35(9)26-21-17-16-20-25(26)31-37(24-18-14-13-15-19-24)29-22-27-28(23-30(29)38(31)36(35,10)12-2)33(5,6)34(7,8)32(27,3)4/h13-23H,11-12H2,1-10H3/q+1. The lowest BCUT2D eigenvalue weighted by atomic mass is 9.59. The van der Waals surface area contributed by atoms with E-state index in [-0.39, 0.29) is 27.2 Å². The Labute approximate surface area is 229 Å². The number of hydrogen-bond donors (Lipinski definition) is 0. The molecule has 198 valence electrons. The van der Waals surface area contributed by atoms with Gasteiger partial charge in [-0.3, -0.25) is 0 Å². The molecule has 4 aromatic rings. The number of nitrogens with zero attached hydrogens (tertiary/aromatic N) is 2. The zero-order chi connectivity index (χ0) is 27.5. The van der Waals surface area contributed by atoms with E-state index in [1.54, 1.807) is 0 Å². The van der Waals surface area contributed by atoms with Crippen molar-refractivity contribution in [3.8, 4) is 17.1 Å². The van der Waals surface area contributed by atoms with E-state index in [2.05, 4.69) is 145 Å². The third kappa shape index (κ3) is 2.67. The molecule has 0 N–H and O–H groups in total. The predicted octanol–water partition coefficient (Wildman–Crippen LogP) is 8.99. The van der Waals surface area contributed by atoms with Crippen molar-refractivity contribution in [3.63, 3.8) is 0 Å². The summed E-state index contributed by atoms with van der Waals surface area (Å²) in [5.74, 6) is 1.32. The molecular weight excluding hydrogens is 460 g/mol. The third-order valence-corrected chi connectivity index (χ3v) is 12.3. The number of hydrogen-bond acceptors (Lipinski definition) is 0. The highest BCUT2D eigenvalue weighted by Crippen LogP contribution is 2.62. The molecule has 0 saturated carbocycles. The first kappa shape index (κ1) is 25.4. The average Bonchev–Trinajstić information content (AvgIpc) is 3.30. The Morgan fingerprint density at radius 2 is 1.24 bits per heavy atom. The lowest BCUT2D eigenvalue weighted by Gasteiger charge is -2.48. The maximum absolute atomic E-state index is 2.75. The van der Waals surface area contributed by atoms with Crippen molar-refractivity contribution in [3.05, 3.63) is 83.4 Å². The van der Waals surface area contributed by atoms with Gasteiger partial charge in [-0.05, 0) is 83.0 Å². The van der Waals surface area contributed by atoms with E-state index >= 15 is 0 Å². The molecule has 0 fully saturated rings. The monoisotopic (exact) mass is 505 g/mol. The minimum absolute atomic E-state index is 0.0128. The topological polar surface area (TPSA) is 8.81 Å². The van der Waals surface area contributed by atoms with Gasteiger partial charge in [-0.15, -0.1) is 0 Å². The van der Waals surface area contributed by atoms with Crippen LogP contribution in [0.4, 0.5) is 0 Å². The summed E-state index contributed by atoms with van der Waals surface area (Å²) in [4.78, 5) is 0. The van der Waals surface area contributed by atoms with Crippen LogP contribution in [0.3, 0.4) is 0 Å². The molecule has 2 heterocycles. The highest BCUT2D eigenvalue weighted by molar-refractivity contribution is 5.84. The average molecular weight is 506 g/mol. The molecule has 2 nitrogen and oxygen atoms in total. The Kier molecular flexibility index (Phi) is 5.09. The summed E-state index contributed by atoms with van der Waals surface area (Å²) < 4.78 is 5.31. The van der Waals surface area contributed by atoms with Gasteiger partial charge in [0.25, 0.3) is 5.82 Å². The van der Waals surface area contributed by atoms with Crippen molar-refractivity contribution in [2.45, 2.75) is 104 Å². The number of benzene rings is 3. The Balaban J connectivity index is 1.87. The van der Waals surface area contributed by atoms with E-state index in [0.29, 0.717) is 0 Å². The highest BCUT2D eigenvalue weighted by atomic mass is 15.2. The molecule has 0 bridgehead atoms. The second-order valence-corrected chi connectivity index (χ2v) is 14.0. The molecule has 3 aromatic carbocycles. The zero-order valence-corrected chi connectivity index (χ0v) is 25.2. The van der Waals surface area contributed by atoms with Gasteiger partial charge in [0.1, 0.15) is 11.2 Å². The van der Waals surface area contributed by atoms with Crippen LogP contribution in [0.25, 0.3) is 28.1 Å². The van der Waals surface area contributed by atoms with Crippen molar-refractivity contribution in [2.75, 3.05) is 0 Å². The molecule has 1 aromatic heterocycles. The summed E-state index contributed by atoms with van der Waals surface area (Å²) in [5, 5.41) is 0. The second kappa shape index (κ2) is 7.62. The van der Waals surface area contributed by atoms with Gasteiger partial charge in [0.2, 0.25) is 0 Å². The maximum atomic E-state index is 2.75. The van der Waals surface area contributed by atoms with Gasteiger partial charge in [0.15, 0.2) is 11.0 Å². The summed E-state index contributed by atoms with van der Waals surface area (Å²) in [7, 11) is 0. The number of aromatic nitrogens is 2. The molecular formula is C36H45N2+. The molecule has 2 aliphatic rings. The molecule has 2 unspecified atom stereocenters. The minimum atomic E-state index is -0.0776. The highest BCUT2D eigenvalue weighted by Gasteiger charge is 2.60. The number of fused-ring (bicyclic) bond motifs is 6. The van der Waals surface area contributed by atoms with E-state index in [9.17, 15) is 0 Å². The molecule has 6 rings (SSSR count). The van der Waals surface area contributed by atoms with E-state index < -0.39 is 0 Å². The van der Waals surface area contributed by atoms with Gasteiger partial charge in [0.05, 0.1) is 5.56 Å². The quantitative estimate of drug-likeness (QED) is 0.246. The number of para-hydroxylation sites is 1. The number of imidazole rings is 1. The Morgan fingerprint density at radius 3 is 1.84 bits per heavy atom. The summed E-state index contributed by atoms with van der Waals surface area (Å²) in [5.41, 5.74) is 9.94. The molecule has 0 amide bonds. The van der Waals surface area contributed by atoms with E-state index in [4.69, 9.17) is 0 Å². The van der Waals surface area contributed by atoms with Crippen LogP contribution in [-0.2, 0) is 21.8 Å². The normalized spacial score (nSPS) is 26.2. The molecule has 1 aliphatic heterocycles. The lowest BCUT2D eigenvalue weighted by Crippen LogP contribution is -2.67. The fraction of sp³-hybridized carbons (Fsp3) is 0.472. The minimum Gasteiger partial charge on any atom is -0.216 e. The Morgan fingerprint density at radius 1 is 0.658 bits per heavy atom. The van der Waals surface area contributed by atoms with Crippen LogP contribution < -0.4 is 4.57 Å². The summed E-state index contributed by atoms with van der Waals surface area (Å²) in [6, 6.07) is 25.3. The van der Waals surface area contributed by atoms with Crippen LogP contribution in [0.1, 0.15) is 98.8 Å². The Bertz CT molecular complexity index is 1580. The fourth-order valence-electron chi connectivity index (χ4n) is 8.15. The van der Waals surface area contributed by atoms with Gasteiger partial charge in [-0.25, -0.2) is 4.57 Å². The van der Waals surface area contributed by atoms with Crippen molar-refractivity contribution < 1.29 is 4.57 Å². The lowest BCUT2D eigenvalue weighted by molar-refractivity contribution is -0.743. The summed E-state index contributed by atoms with van der Waals surface area (Å²) >= 11 is 0. The Hall–Kier alpha value is -2.87. The van der Waals surface area contributed by atoms with Crippen molar-refractivity contribution in [1.29, 1.82) is 0 Å². The van der Waals surface area contributed by atoms with E-state index in [0.717, 1.165) is 12.8 Å². The zero-order valence-electron chi connectivity index (χ0n) is 25.2. The van der Waals surface area contributed by atoms with Crippen molar-refractivity contribution in [1.82, 2.24) is 4.57 Å². The molecule has 2 atom stereocenters. The van der Waals surface area contributed by atoms with Gasteiger partial charge in [-0.2, -0.15) is 4.57 Å². The first-order valence-corrected chi connectivity index (χ1v) is 14.6. The summed E-state index contributed by atoms with van der Waals surface area (Å²) in [6.07, 6.45) is 2.16. The first-order chi connectivity index (χ1) is 17.8. The van der Waals surface area contributed by atoms with Gasteiger partial charge >= 0.3 is 0 Å². The SMILES string of the molecule is CCC1(C)c2ccccc2-c2n(-c3ccccc3)c3cc4c(cc3[n+]2C1(C)CC)C(C)(C)C(C)(C)C4(C)C. The smallest absolute Gasteiger partial charge is 0.216 e. The maximum Gasteiger partial charge on any atom is 0.295 e. The van der Waals surface area contributed by atoms with Crippen molar-refractivity contribution >= 4 is 11.0 Å². The molecule has 2 heteroatoms. The molecule has 0 radical (unpaired) electrons. The van der Waals surface area contributed by atoms with Crippen LogP contribution in [0.2, 0.25) is 0 Å². The van der Waals surface area contributed by atoms with E-state index in [1.807, 2.05) is 0 Å². The first-order valence-electron chi connectivity index (χ1n) is 14.6. The van der Waals surface area contributed by atoms with Crippen LogP contribution in [0.15, 0.2) is 66.7 Å². The van der Waals surface area contributed by atoms with Crippen LogP contribution in [-0.4, -0.2) is 4.57 Å². The van der Waals surface area contributed by atoms with E-state index in [1.165, 1.54) is 44.8 Å².